The lowest BCUT2D eigenvalue weighted by Crippen LogP contribution is -1.91. The SMILES string of the molecule is C1=Cc2cccc3cccc(c23)C1.c1ccncc1. The van der Waals surface area contributed by atoms with Gasteiger partial charge in [0.2, 0.25) is 0 Å². The second-order valence-electron chi connectivity index (χ2n) is 4.49. The number of hydrogen-bond acceptors (Lipinski definition) is 1. The molecule has 0 atom stereocenters. The third-order valence-electron chi connectivity index (χ3n) is 3.22. The highest BCUT2D eigenvalue weighted by atomic mass is 14.6. The van der Waals surface area contributed by atoms with Gasteiger partial charge in [-0.2, -0.15) is 0 Å². The first-order valence-electron chi connectivity index (χ1n) is 6.47. The van der Waals surface area contributed by atoms with Crippen molar-refractivity contribution < 1.29 is 0 Å². The number of pyridine rings is 1. The molecular weight excluding hydrogens is 230 g/mol. The van der Waals surface area contributed by atoms with Gasteiger partial charge in [0, 0.05) is 12.4 Å². The van der Waals surface area contributed by atoms with E-state index in [0.717, 1.165) is 6.42 Å². The van der Waals surface area contributed by atoms with Gasteiger partial charge in [-0.1, -0.05) is 54.6 Å². The summed E-state index contributed by atoms with van der Waals surface area (Å²) in [5.41, 5.74) is 2.81. The van der Waals surface area contributed by atoms with E-state index in [1.54, 1.807) is 12.4 Å². The summed E-state index contributed by atoms with van der Waals surface area (Å²) in [7, 11) is 0. The molecule has 1 heteroatoms. The van der Waals surface area contributed by atoms with Crippen molar-refractivity contribution in [2.75, 3.05) is 0 Å². The van der Waals surface area contributed by atoms with Gasteiger partial charge < -0.3 is 0 Å². The molecular formula is C18H15N. The number of aromatic nitrogens is 1. The Morgan fingerprint density at radius 2 is 1.58 bits per heavy atom. The first-order chi connectivity index (χ1) is 9.45. The molecule has 0 fully saturated rings. The fourth-order valence-corrected chi connectivity index (χ4v) is 2.38. The predicted octanol–water partition coefficient (Wildman–Crippen LogP) is 4.49. The first kappa shape index (κ1) is 11.7. The van der Waals surface area contributed by atoms with E-state index < -0.39 is 0 Å². The average molecular weight is 245 g/mol. The number of nitrogens with zero attached hydrogens (tertiary/aromatic N) is 1. The van der Waals surface area contributed by atoms with Crippen LogP contribution in [-0.4, -0.2) is 4.98 Å². The molecule has 0 saturated heterocycles. The van der Waals surface area contributed by atoms with Gasteiger partial charge in [0.05, 0.1) is 0 Å². The minimum atomic E-state index is 1.08. The highest BCUT2D eigenvalue weighted by molar-refractivity contribution is 5.94. The largest absolute Gasteiger partial charge is 0.265 e. The van der Waals surface area contributed by atoms with E-state index >= 15 is 0 Å². The Kier molecular flexibility index (Phi) is 3.37. The second-order valence-corrected chi connectivity index (χ2v) is 4.49. The van der Waals surface area contributed by atoms with Crippen molar-refractivity contribution in [3.63, 3.8) is 0 Å². The lowest BCUT2D eigenvalue weighted by atomic mass is 9.93. The van der Waals surface area contributed by atoms with Gasteiger partial charge in [0.1, 0.15) is 0 Å². The van der Waals surface area contributed by atoms with Crippen LogP contribution in [0.2, 0.25) is 0 Å². The van der Waals surface area contributed by atoms with Crippen LogP contribution in [0, 0.1) is 0 Å². The van der Waals surface area contributed by atoms with E-state index in [2.05, 4.69) is 53.5 Å². The Hall–Kier alpha value is -2.41. The topological polar surface area (TPSA) is 12.9 Å². The quantitative estimate of drug-likeness (QED) is 0.568. The van der Waals surface area contributed by atoms with E-state index in [9.17, 15) is 0 Å². The zero-order valence-corrected chi connectivity index (χ0v) is 10.7. The minimum absolute atomic E-state index is 1.08. The second kappa shape index (κ2) is 5.49. The summed E-state index contributed by atoms with van der Waals surface area (Å²) < 4.78 is 0. The van der Waals surface area contributed by atoms with Gasteiger partial charge in [-0.05, 0) is 40.5 Å². The summed E-state index contributed by atoms with van der Waals surface area (Å²) in [5, 5.41) is 2.80. The third-order valence-corrected chi connectivity index (χ3v) is 3.22. The molecule has 0 saturated carbocycles. The number of allylic oxidation sites excluding steroid dienone is 1. The molecule has 1 aromatic heterocycles. The van der Waals surface area contributed by atoms with Gasteiger partial charge in [-0.25, -0.2) is 0 Å². The molecule has 0 radical (unpaired) electrons. The molecule has 4 rings (SSSR count). The molecule has 0 N–H and O–H groups in total. The van der Waals surface area contributed by atoms with Crippen molar-refractivity contribution in [2.24, 2.45) is 0 Å². The molecule has 0 amide bonds. The number of hydrogen-bond donors (Lipinski definition) is 0. The van der Waals surface area contributed by atoms with Crippen LogP contribution in [0.4, 0.5) is 0 Å². The van der Waals surface area contributed by atoms with Crippen molar-refractivity contribution in [1.82, 2.24) is 4.98 Å². The average Bonchev–Trinajstić information content (AvgIpc) is 2.51. The maximum atomic E-state index is 3.78. The molecule has 0 aliphatic heterocycles. The van der Waals surface area contributed by atoms with Gasteiger partial charge in [-0.3, -0.25) is 4.98 Å². The molecule has 2 aromatic carbocycles. The zero-order valence-electron chi connectivity index (χ0n) is 10.7. The van der Waals surface area contributed by atoms with Crippen LogP contribution in [0.15, 0.2) is 73.1 Å². The summed E-state index contributed by atoms with van der Waals surface area (Å²) >= 11 is 0. The predicted molar refractivity (Wildman–Crippen MR) is 80.9 cm³/mol. The van der Waals surface area contributed by atoms with Crippen molar-refractivity contribution in [2.45, 2.75) is 6.42 Å². The molecule has 1 aliphatic carbocycles. The molecule has 0 bridgehead atoms. The standard InChI is InChI=1S/C13H10.C5H5N/c1-4-10-6-2-8-12-9-3-7-11(5-1)13(10)12;1-2-4-6-5-3-1/h1-8H,9H2;1-5H. The van der Waals surface area contributed by atoms with Crippen molar-refractivity contribution >= 4 is 16.8 Å². The van der Waals surface area contributed by atoms with E-state index in [1.165, 1.54) is 21.9 Å². The van der Waals surface area contributed by atoms with Crippen LogP contribution in [0.5, 0.6) is 0 Å². The van der Waals surface area contributed by atoms with Gasteiger partial charge in [0.15, 0.2) is 0 Å². The van der Waals surface area contributed by atoms with Crippen LogP contribution in [0.25, 0.3) is 16.8 Å². The van der Waals surface area contributed by atoms with Crippen LogP contribution in [-0.2, 0) is 6.42 Å². The third kappa shape index (κ3) is 2.55. The Balaban J connectivity index is 0.000000155. The summed E-state index contributed by atoms with van der Waals surface area (Å²) in [5.74, 6) is 0. The summed E-state index contributed by atoms with van der Waals surface area (Å²) in [6.45, 7) is 0. The normalized spacial score (nSPS) is 11.8. The van der Waals surface area contributed by atoms with Crippen LogP contribution in [0.3, 0.4) is 0 Å². The molecule has 1 aliphatic rings. The maximum absolute atomic E-state index is 3.78. The molecule has 0 spiro atoms. The van der Waals surface area contributed by atoms with Gasteiger partial charge in [0.25, 0.3) is 0 Å². The summed E-state index contributed by atoms with van der Waals surface area (Å²) in [6, 6.07) is 18.7. The fraction of sp³-hybridized carbons (Fsp3) is 0.0556. The summed E-state index contributed by atoms with van der Waals surface area (Å²) in [4.78, 5) is 3.78. The van der Waals surface area contributed by atoms with E-state index in [-0.39, 0.29) is 0 Å². The molecule has 19 heavy (non-hydrogen) atoms. The first-order valence-corrected chi connectivity index (χ1v) is 6.47. The minimum Gasteiger partial charge on any atom is -0.265 e. The Morgan fingerprint density at radius 1 is 0.789 bits per heavy atom. The number of rotatable bonds is 0. The van der Waals surface area contributed by atoms with Crippen molar-refractivity contribution in [3.8, 4) is 0 Å². The van der Waals surface area contributed by atoms with E-state index in [0.29, 0.717) is 0 Å². The lowest BCUT2D eigenvalue weighted by molar-refractivity contribution is 1.29. The van der Waals surface area contributed by atoms with Crippen LogP contribution >= 0.6 is 0 Å². The van der Waals surface area contributed by atoms with Crippen molar-refractivity contribution in [1.29, 1.82) is 0 Å². The highest BCUT2D eigenvalue weighted by Gasteiger charge is 2.06. The van der Waals surface area contributed by atoms with Gasteiger partial charge >= 0.3 is 0 Å². The highest BCUT2D eigenvalue weighted by Crippen LogP contribution is 2.27. The Labute approximate surface area is 113 Å². The Morgan fingerprint density at radius 3 is 2.26 bits per heavy atom. The van der Waals surface area contributed by atoms with E-state index in [4.69, 9.17) is 0 Å². The van der Waals surface area contributed by atoms with Crippen LogP contribution in [0.1, 0.15) is 11.1 Å². The molecule has 3 aromatic rings. The molecule has 92 valence electrons. The zero-order chi connectivity index (χ0) is 12.9. The molecule has 1 nitrogen and oxygen atoms in total. The van der Waals surface area contributed by atoms with Gasteiger partial charge in [-0.15, -0.1) is 0 Å². The summed E-state index contributed by atoms with van der Waals surface area (Å²) in [6.07, 6.45) is 9.03. The lowest BCUT2D eigenvalue weighted by Gasteiger charge is -2.11. The monoisotopic (exact) mass is 245 g/mol. The van der Waals surface area contributed by atoms with Crippen LogP contribution < -0.4 is 0 Å². The van der Waals surface area contributed by atoms with E-state index in [1.807, 2.05) is 18.2 Å². The Bertz CT molecular complexity index is 667. The fourth-order valence-electron chi connectivity index (χ4n) is 2.38. The molecule has 0 unspecified atom stereocenters. The smallest absolute Gasteiger partial charge is 0.0267 e. The maximum Gasteiger partial charge on any atom is 0.0267 e. The van der Waals surface area contributed by atoms with Crippen molar-refractivity contribution in [3.05, 3.63) is 84.2 Å². The number of benzene rings is 2. The molecule has 1 heterocycles.